The SMILES string of the molecule is CC(C)(C)O[C@H]1CCC[C@H](NC(=O)OCc2ccccc2)C1. The highest BCUT2D eigenvalue weighted by atomic mass is 16.5. The molecule has 1 aromatic carbocycles. The van der Waals surface area contributed by atoms with Crippen LogP contribution in [0.1, 0.15) is 52.0 Å². The van der Waals surface area contributed by atoms with Crippen LogP contribution in [0, 0.1) is 0 Å². The van der Waals surface area contributed by atoms with Gasteiger partial charge in [-0.25, -0.2) is 4.79 Å². The normalized spacial score (nSPS) is 22.1. The fraction of sp³-hybridized carbons (Fsp3) is 0.611. The van der Waals surface area contributed by atoms with Crippen LogP contribution in [0.25, 0.3) is 0 Å². The number of benzene rings is 1. The van der Waals surface area contributed by atoms with Crippen molar-refractivity contribution in [2.45, 2.75) is 70.8 Å². The third-order valence-corrected chi connectivity index (χ3v) is 3.68. The van der Waals surface area contributed by atoms with Crippen molar-refractivity contribution in [1.29, 1.82) is 0 Å². The van der Waals surface area contributed by atoms with E-state index in [1.165, 1.54) is 0 Å². The van der Waals surface area contributed by atoms with E-state index in [-0.39, 0.29) is 23.8 Å². The minimum atomic E-state index is -0.342. The van der Waals surface area contributed by atoms with Crippen molar-refractivity contribution in [1.82, 2.24) is 5.32 Å². The third-order valence-electron chi connectivity index (χ3n) is 3.68. The van der Waals surface area contributed by atoms with Crippen LogP contribution < -0.4 is 5.32 Å². The van der Waals surface area contributed by atoms with E-state index in [0.29, 0.717) is 6.61 Å². The number of ether oxygens (including phenoxy) is 2. The van der Waals surface area contributed by atoms with E-state index < -0.39 is 0 Å². The molecule has 0 aromatic heterocycles. The van der Waals surface area contributed by atoms with Gasteiger partial charge >= 0.3 is 6.09 Å². The van der Waals surface area contributed by atoms with Gasteiger partial charge in [0, 0.05) is 6.04 Å². The fourth-order valence-corrected chi connectivity index (χ4v) is 2.81. The first-order chi connectivity index (χ1) is 10.4. The Morgan fingerprint density at radius 1 is 1.23 bits per heavy atom. The molecule has 4 nitrogen and oxygen atoms in total. The molecule has 1 amide bonds. The van der Waals surface area contributed by atoms with Crippen LogP contribution in [-0.2, 0) is 16.1 Å². The second-order valence-corrected chi connectivity index (χ2v) is 6.92. The van der Waals surface area contributed by atoms with Crippen molar-refractivity contribution in [3.63, 3.8) is 0 Å². The molecule has 1 aliphatic carbocycles. The summed E-state index contributed by atoms with van der Waals surface area (Å²) in [6, 6.07) is 9.85. The molecule has 1 saturated carbocycles. The van der Waals surface area contributed by atoms with Crippen molar-refractivity contribution < 1.29 is 14.3 Å². The topological polar surface area (TPSA) is 47.6 Å². The lowest BCUT2D eigenvalue weighted by atomic mass is 9.92. The van der Waals surface area contributed by atoms with Crippen molar-refractivity contribution in [3.8, 4) is 0 Å². The van der Waals surface area contributed by atoms with E-state index in [1.54, 1.807) is 0 Å². The summed E-state index contributed by atoms with van der Waals surface area (Å²) in [5, 5.41) is 2.96. The number of carbonyl (C=O) groups excluding carboxylic acids is 1. The van der Waals surface area contributed by atoms with Crippen LogP contribution >= 0.6 is 0 Å². The van der Waals surface area contributed by atoms with E-state index in [9.17, 15) is 4.79 Å². The molecule has 1 N–H and O–H groups in total. The van der Waals surface area contributed by atoms with Crippen molar-refractivity contribution >= 4 is 6.09 Å². The first kappa shape index (κ1) is 16.8. The molecular weight excluding hydrogens is 278 g/mol. The van der Waals surface area contributed by atoms with Crippen LogP contribution in [0.15, 0.2) is 30.3 Å². The molecule has 0 bridgehead atoms. The Labute approximate surface area is 133 Å². The quantitative estimate of drug-likeness (QED) is 0.913. The number of carbonyl (C=O) groups is 1. The molecule has 22 heavy (non-hydrogen) atoms. The Kier molecular flexibility index (Phi) is 5.83. The molecule has 0 radical (unpaired) electrons. The minimum absolute atomic E-state index is 0.139. The predicted molar refractivity (Wildman–Crippen MR) is 86.6 cm³/mol. The minimum Gasteiger partial charge on any atom is -0.445 e. The average molecular weight is 305 g/mol. The molecule has 4 heteroatoms. The highest BCUT2D eigenvalue weighted by Crippen LogP contribution is 2.25. The molecule has 0 aliphatic heterocycles. The number of alkyl carbamates (subject to hydrolysis) is 1. The Balaban J connectivity index is 1.74. The van der Waals surface area contributed by atoms with Gasteiger partial charge in [0.05, 0.1) is 11.7 Å². The summed E-state index contributed by atoms with van der Waals surface area (Å²) >= 11 is 0. The molecule has 2 rings (SSSR count). The van der Waals surface area contributed by atoms with E-state index in [1.807, 2.05) is 30.3 Å². The lowest BCUT2D eigenvalue weighted by Crippen LogP contribution is -2.42. The van der Waals surface area contributed by atoms with Gasteiger partial charge in [-0.15, -0.1) is 0 Å². The summed E-state index contributed by atoms with van der Waals surface area (Å²) in [7, 11) is 0. The van der Waals surface area contributed by atoms with Crippen LogP contribution in [0.3, 0.4) is 0 Å². The van der Waals surface area contributed by atoms with Gasteiger partial charge in [-0.1, -0.05) is 30.3 Å². The monoisotopic (exact) mass is 305 g/mol. The van der Waals surface area contributed by atoms with Gasteiger partial charge in [0.2, 0.25) is 0 Å². The summed E-state index contributed by atoms with van der Waals surface area (Å²) in [5.74, 6) is 0. The van der Waals surface area contributed by atoms with Gasteiger partial charge in [0.25, 0.3) is 0 Å². The van der Waals surface area contributed by atoms with Crippen molar-refractivity contribution in [2.75, 3.05) is 0 Å². The maximum absolute atomic E-state index is 11.9. The third kappa shape index (κ3) is 6.06. The fourth-order valence-electron chi connectivity index (χ4n) is 2.81. The molecule has 0 saturated heterocycles. The Morgan fingerprint density at radius 3 is 2.64 bits per heavy atom. The molecule has 0 heterocycles. The zero-order valence-corrected chi connectivity index (χ0v) is 13.8. The average Bonchev–Trinajstić information content (AvgIpc) is 2.45. The van der Waals surface area contributed by atoms with Gasteiger partial charge in [-0.3, -0.25) is 0 Å². The molecule has 0 unspecified atom stereocenters. The smallest absolute Gasteiger partial charge is 0.407 e. The first-order valence-corrected chi connectivity index (χ1v) is 8.07. The van der Waals surface area contributed by atoms with Crippen molar-refractivity contribution in [3.05, 3.63) is 35.9 Å². The molecule has 122 valence electrons. The maximum Gasteiger partial charge on any atom is 0.407 e. The van der Waals surface area contributed by atoms with E-state index >= 15 is 0 Å². The molecule has 1 aliphatic rings. The number of rotatable bonds is 4. The lowest BCUT2D eigenvalue weighted by Gasteiger charge is -2.34. The summed E-state index contributed by atoms with van der Waals surface area (Å²) in [4.78, 5) is 11.9. The van der Waals surface area contributed by atoms with Crippen LogP contribution in [-0.4, -0.2) is 23.8 Å². The van der Waals surface area contributed by atoms with Gasteiger partial charge in [0.1, 0.15) is 6.61 Å². The molecule has 0 spiro atoms. The highest BCUT2D eigenvalue weighted by Gasteiger charge is 2.27. The van der Waals surface area contributed by atoms with Gasteiger partial charge in [-0.2, -0.15) is 0 Å². The van der Waals surface area contributed by atoms with Gasteiger partial charge in [0.15, 0.2) is 0 Å². The summed E-state index contributed by atoms with van der Waals surface area (Å²) in [5.41, 5.74) is 0.857. The highest BCUT2D eigenvalue weighted by molar-refractivity contribution is 5.67. The molecule has 1 aromatic rings. The maximum atomic E-state index is 11.9. The Bertz CT molecular complexity index is 467. The number of hydrogen-bond donors (Lipinski definition) is 1. The second kappa shape index (κ2) is 7.63. The summed E-state index contributed by atoms with van der Waals surface area (Å²) in [6.45, 7) is 6.51. The lowest BCUT2D eigenvalue weighted by molar-refractivity contribution is -0.0772. The largest absolute Gasteiger partial charge is 0.445 e. The molecular formula is C18H27NO3. The predicted octanol–water partition coefficient (Wildman–Crippen LogP) is 4.04. The molecule has 2 atom stereocenters. The Morgan fingerprint density at radius 2 is 1.95 bits per heavy atom. The number of hydrogen-bond acceptors (Lipinski definition) is 3. The van der Waals surface area contributed by atoms with E-state index in [4.69, 9.17) is 9.47 Å². The van der Waals surface area contributed by atoms with Crippen LogP contribution in [0.5, 0.6) is 0 Å². The van der Waals surface area contributed by atoms with E-state index in [2.05, 4.69) is 26.1 Å². The summed E-state index contributed by atoms with van der Waals surface area (Å²) < 4.78 is 11.3. The summed E-state index contributed by atoms with van der Waals surface area (Å²) in [6.07, 6.45) is 3.86. The Hall–Kier alpha value is -1.55. The number of nitrogens with one attached hydrogen (secondary N) is 1. The standard InChI is InChI=1S/C18H27NO3/c1-18(2,3)22-16-11-7-10-15(12-16)19-17(20)21-13-14-8-5-4-6-9-14/h4-6,8-9,15-16H,7,10-13H2,1-3H3,(H,19,20)/t15-,16-/m0/s1. The second-order valence-electron chi connectivity index (χ2n) is 6.92. The van der Waals surface area contributed by atoms with Gasteiger partial charge < -0.3 is 14.8 Å². The van der Waals surface area contributed by atoms with Crippen molar-refractivity contribution in [2.24, 2.45) is 0 Å². The number of amides is 1. The zero-order chi connectivity index (χ0) is 16.0. The van der Waals surface area contributed by atoms with Gasteiger partial charge in [-0.05, 0) is 52.0 Å². The molecule has 1 fully saturated rings. The van der Waals surface area contributed by atoms with Crippen LogP contribution in [0.2, 0.25) is 0 Å². The van der Waals surface area contributed by atoms with Crippen LogP contribution in [0.4, 0.5) is 4.79 Å². The zero-order valence-electron chi connectivity index (χ0n) is 13.8. The first-order valence-electron chi connectivity index (χ1n) is 8.07. The van der Waals surface area contributed by atoms with E-state index in [0.717, 1.165) is 31.2 Å².